The van der Waals surface area contributed by atoms with Crippen LogP contribution in [0.3, 0.4) is 0 Å². The first-order valence-electron chi connectivity index (χ1n) is 9.06. The molecule has 1 N–H and O–H groups in total. The van der Waals surface area contributed by atoms with Crippen molar-refractivity contribution in [2.75, 3.05) is 32.6 Å². The van der Waals surface area contributed by atoms with Crippen molar-refractivity contribution >= 4 is 29.1 Å². The van der Waals surface area contributed by atoms with Crippen LogP contribution in [-0.4, -0.2) is 44.0 Å². The van der Waals surface area contributed by atoms with Gasteiger partial charge in [0, 0.05) is 23.3 Å². The summed E-state index contributed by atoms with van der Waals surface area (Å²) in [6.45, 7) is 2.59. The van der Waals surface area contributed by atoms with Gasteiger partial charge in [0.25, 0.3) is 5.91 Å². The van der Waals surface area contributed by atoms with Crippen LogP contribution in [0.5, 0.6) is 11.5 Å². The highest BCUT2D eigenvalue weighted by molar-refractivity contribution is 6.30. The molecule has 0 aliphatic carbocycles. The van der Waals surface area contributed by atoms with E-state index in [2.05, 4.69) is 12.2 Å². The third kappa shape index (κ3) is 6.16. The van der Waals surface area contributed by atoms with Crippen molar-refractivity contribution in [1.29, 1.82) is 0 Å². The molecule has 0 heterocycles. The van der Waals surface area contributed by atoms with E-state index in [4.69, 9.17) is 21.1 Å². The Kier molecular flexibility index (Phi) is 8.14. The lowest BCUT2D eigenvalue weighted by Gasteiger charge is -2.18. The number of nitrogens with one attached hydrogen (secondary N) is 1. The summed E-state index contributed by atoms with van der Waals surface area (Å²) in [6, 6.07) is 11.8. The summed E-state index contributed by atoms with van der Waals surface area (Å²) in [6.07, 6.45) is 1.97. The zero-order valence-electron chi connectivity index (χ0n) is 16.3. The minimum Gasteiger partial charge on any atom is -0.493 e. The average Bonchev–Trinajstić information content (AvgIpc) is 2.69. The zero-order chi connectivity index (χ0) is 20.5. The molecule has 0 spiro atoms. The molecule has 28 heavy (non-hydrogen) atoms. The molecule has 6 nitrogen and oxygen atoms in total. The van der Waals surface area contributed by atoms with Crippen molar-refractivity contribution in [2.45, 2.75) is 19.8 Å². The number of carbonyl (C=O) groups excluding carboxylic acids is 2. The van der Waals surface area contributed by atoms with Crippen molar-refractivity contribution < 1.29 is 19.1 Å². The topological polar surface area (TPSA) is 67.9 Å². The van der Waals surface area contributed by atoms with Crippen LogP contribution in [-0.2, 0) is 4.79 Å². The number of likely N-dealkylation sites (N-methyl/N-ethyl adjacent to an activating group) is 1. The number of amides is 2. The summed E-state index contributed by atoms with van der Waals surface area (Å²) in [4.78, 5) is 26.2. The van der Waals surface area contributed by atoms with E-state index in [0.29, 0.717) is 34.4 Å². The average molecular weight is 405 g/mol. The molecule has 0 radical (unpaired) electrons. The summed E-state index contributed by atoms with van der Waals surface area (Å²) >= 11 is 5.83. The summed E-state index contributed by atoms with van der Waals surface area (Å²) in [7, 11) is 3.10. The Bertz CT molecular complexity index is 809. The van der Waals surface area contributed by atoms with Gasteiger partial charge < -0.3 is 19.7 Å². The Morgan fingerprint density at radius 3 is 2.46 bits per heavy atom. The number of ether oxygens (including phenoxy) is 2. The molecule has 7 heteroatoms. The van der Waals surface area contributed by atoms with Gasteiger partial charge >= 0.3 is 0 Å². The fourth-order valence-corrected chi connectivity index (χ4v) is 2.61. The summed E-state index contributed by atoms with van der Waals surface area (Å²) in [5.74, 6) is 0.492. The van der Waals surface area contributed by atoms with Gasteiger partial charge in [0.05, 0.1) is 20.3 Å². The normalized spacial score (nSPS) is 10.3. The molecule has 2 amide bonds. The monoisotopic (exact) mass is 404 g/mol. The second-order valence-electron chi connectivity index (χ2n) is 6.28. The molecule has 2 aromatic carbocycles. The maximum atomic E-state index is 12.6. The first-order valence-corrected chi connectivity index (χ1v) is 9.44. The molecule has 0 aliphatic heterocycles. The highest BCUT2D eigenvalue weighted by Gasteiger charge is 2.17. The standard InChI is InChI=1S/C21H25ClN2O4/c1-4-5-12-28-18-11-6-15(13-19(18)27-3)21(26)24(2)14-20(25)23-17-9-7-16(22)8-10-17/h6-11,13H,4-5,12,14H2,1-3H3,(H,23,25). The van der Waals surface area contributed by atoms with E-state index in [1.165, 1.54) is 12.0 Å². The number of methoxy groups -OCH3 is 1. The van der Waals surface area contributed by atoms with Gasteiger partial charge in [-0.2, -0.15) is 0 Å². The van der Waals surface area contributed by atoms with Gasteiger partial charge in [-0.25, -0.2) is 0 Å². The van der Waals surface area contributed by atoms with Crippen molar-refractivity contribution in [3.63, 3.8) is 0 Å². The number of nitrogens with zero attached hydrogens (tertiary/aromatic N) is 1. The molecule has 0 fully saturated rings. The molecule has 2 aromatic rings. The molecule has 2 rings (SSSR count). The van der Waals surface area contributed by atoms with Crippen LogP contribution < -0.4 is 14.8 Å². The number of unbranched alkanes of at least 4 members (excludes halogenated alkanes) is 1. The molecule has 150 valence electrons. The number of rotatable bonds is 9. The Hall–Kier alpha value is -2.73. The van der Waals surface area contributed by atoms with Crippen molar-refractivity contribution in [3.8, 4) is 11.5 Å². The molecular formula is C21H25ClN2O4. The first-order chi connectivity index (χ1) is 13.4. The molecule has 0 atom stereocenters. The van der Waals surface area contributed by atoms with E-state index < -0.39 is 0 Å². The minimum absolute atomic E-state index is 0.0848. The molecule has 0 saturated heterocycles. The second-order valence-corrected chi connectivity index (χ2v) is 6.72. The van der Waals surface area contributed by atoms with Gasteiger partial charge in [0.2, 0.25) is 5.91 Å². The van der Waals surface area contributed by atoms with E-state index in [1.54, 1.807) is 49.5 Å². The van der Waals surface area contributed by atoms with Crippen LogP contribution in [0, 0.1) is 0 Å². The highest BCUT2D eigenvalue weighted by atomic mass is 35.5. The number of benzene rings is 2. The Morgan fingerprint density at radius 2 is 1.82 bits per heavy atom. The van der Waals surface area contributed by atoms with Crippen LogP contribution in [0.4, 0.5) is 5.69 Å². The predicted octanol–water partition coefficient (Wildman–Crippen LogP) is 4.24. The van der Waals surface area contributed by atoms with Crippen LogP contribution in [0.25, 0.3) is 0 Å². The lowest BCUT2D eigenvalue weighted by Crippen LogP contribution is -2.34. The van der Waals surface area contributed by atoms with E-state index in [0.717, 1.165) is 12.8 Å². The third-order valence-corrected chi connectivity index (χ3v) is 4.27. The van der Waals surface area contributed by atoms with Crippen molar-refractivity contribution in [3.05, 3.63) is 53.1 Å². The van der Waals surface area contributed by atoms with Crippen LogP contribution in [0.2, 0.25) is 5.02 Å². The summed E-state index contributed by atoms with van der Waals surface area (Å²) < 4.78 is 11.0. The van der Waals surface area contributed by atoms with Gasteiger partial charge in [-0.1, -0.05) is 24.9 Å². The van der Waals surface area contributed by atoms with Crippen LogP contribution >= 0.6 is 11.6 Å². The Morgan fingerprint density at radius 1 is 1.11 bits per heavy atom. The van der Waals surface area contributed by atoms with Gasteiger partial charge in [-0.05, 0) is 48.9 Å². The van der Waals surface area contributed by atoms with E-state index in [1.807, 2.05) is 0 Å². The van der Waals surface area contributed by atoms with E-state index in [9.17, 15) is 9.59 Å². The highest BCUT2D eigenvalue weighted by Crippen LogP contribution is 2.28. The number of anilines is 1. The molecular weight excluding hydrogens is 380 g/mol. The van der Waals surface area contributed by atoms with Gasteiger partial charge in [-0.3, -0.25) is 9.59 Å². The predicted molar refractivity (Wildman–Crippen MR) is 110 cm³/mol. The summed E-state index contributed by atoms with van der Waals surface area (Å²) in [5.41, 5.74) is 1.03. The zero-order valence-corrected chi connectivity index (χ0v) is 17.1. The van der Waals surface area contributed by atoms with Gasteiger partial charge in [0.1, 0.15) is 0 Å². The fraction of sp³-hybridized carbons (Fsp3) is 0.333. The SMILES string of the molecule is CCCCOc1ccc(C(=O)N(C)CC(=O)Nc2ccc(Cl)cc2)cc1OC. The minimum atomic E-state index is -0.301. The van der Waals surface area contributed by atoms with Crippen molar-refractivity contribution in [1.82, 2.24) is 4.90 Å². The number of halogens is 1. The van der Waals surface area contributed by atoms with E-state index in [-0.39, 0.29) is 18.4 Å². The maximum absolute atomic E-state index is 12.6. The Balaban J connectivity index is 1.99. The smallest absolute Gasteiger partial charge is 0.254 e. The van der Waals surface area contributed by atoms with Crippen LogP contribution in [0.1, 0.15) is 30.1 Å². The number of hydrogen-bond donors (Lipinski definition) is 1. The summed E-state index contributed by atoms with van der Waals surface area (Å²) in [5, 5.41) is 3.32. The molecule has 0 saturated carbocycles. The lowest BCUT2D eigenvalue weighted by molar-refractivity contribution is -0.116. The van der Waals surface area contributed by atoms with E-state index >= 15 is 0 Å². The molecule has 0 bridgehead atoms. The molecule has 0 unspecified atom stereocenters. The second kappa shape index (κ2) is 10.6. The van der Waals surface area contributed by atoms with Gasteiger partial charge in [0.15, 0.2) is 11.5 Å². The largest absolute Gasteiger partial charge is 0.493 e. The number of carbonyl (C=O) groups is 2. The number of hydrogen-bond acceptors (Lipinski definition) is 4. The van der Waals surface area contributed by atoms with Crippen molar-refractivity contribution in [2.24, 2.45) is 0 Å². The third-order valence-electron chi connectivity index (χ3n) is 4.02. The first kappa shape index (κ1) is 21.6. The van der Waals surface area contributed by atoms with Gasteiger partial charge in [-0.15, -0.1) is 0 Å². The molecule has 0 aromatic heterocycles. The fourth-order valence-electron chi connectivity index (χ4n) is 2.49. The maximum Gasteiger partial charge on any atom is 0.254 e. The molecule has 0 aliphatic rings. The lowest BCUT2D eigenvalue weighted by atomic mass is 10.1. The Labute approximate surface area is 170 Å². The van der Waals surface area contributed by atoms with Crippen LogP contribution in [0.15, 0.2) is 42.5 Å². The quantitative estimate of drug-likeness (QED) is 0.635.